The molecule has 2 rings (SSSR count). The third-order valence-corrected chi connectivity index (χ3v) is 3.73. The van der Waals surface area contributed by atoms with E-state index in [9.17, 15) is 9.59 Å². The molecule has 0 atom stereocenters. The highest BCUT2D eigenvalue weighted by atomic mass is 16.5. The molecule has 25 heavy (non-hydrogen) atoms. The van der Waals surface area contributed by atoms with E-state index < -0.39 is 5.97 Å². The van der Waals surface area contributed by atoms with Crippen LogP contribution in [-0.4, -0.2) is 23.3 Å². The molecule has 0 aliphatic carbocycles. The molecule has 0 amide bonds. The van der Waals surface area contributed by atoms with Crippen LogP contribution in [0.2, 0.25) is 0 Å². The number of benzene rings is 1. The molecule has 0 aliphatic rings. The highest BCUT2D eigenvalue weighted by Gasteiger charge is 2.15. The first-order valence-corrected chi connectivity index (χ1v) is 8.10. The van der Waals surface area contributed by atoms with Crippen LogP contribution in [0.3, 0.4) is 0 Å². The van der Waals surface area contributed by atoms with Crippen LogP contribution in [-0.2, 0) is 14.3 Å². The van der Waals surface area contributed by atoms with Gasteiger partial charge in [0.05, 0.1) is 6.61 Å². The first-order valence-electron chi connectivity index (χ1n) is 8.10. The molecule has 0 fully saturated rings. The largest absolute Gasteiger partial charge is 0.462 e. The number of Topliss-reactive ketones (excluding diaryl/α,β-unsaturated/α-hetero) is 1. The highest BCUT2D eigenvalue weighted by Crippen LogP contribution is 2.28. The van der Waals surface area contributed by atoms with Gasteiger partial charge in [-0.25, -0.2) is 4.79 Å². The van der Waals surface area contributed by atoms with Gasteiger partial charge in [-0.15, -0.1) is 0 Å². The number of nitrogens with zero attached hydrogens (tertiary/aromatic N) is 1. The molecule has 0 radical (unpaired) electrons. The average molecular weight is 338 g/mol. The number of aryl methyl sites for hydroxylation is 2. The Morgan fingerprint density at radius 2 is 1.88 bits per heavy atom. The van der Waals surface area contributed by atoms with Gasteiger partial charge in [0, 0.05) is 24.3 Å². The fourth-order valence-corrected chi connectivity index (χ4v) is 2.59. The van der Waals surface area contributed by atoms with Crippen LogP contribution >= 0.6 is 0 Å². The number of ketones is 1. The minimum atomic E-state index is -0.625. The van der Waals surface area contributed by atoms with E-state index in [1.54, 1.807) is 6.92 Å². The van der Waals surface area contributed by atoms with E-state index >= 15 is 0 Å². The van der Waals surface area contributed by atoms with Gasteiger partial charge in [-0.2, -0.15) is 0 Å². The second kappa shape index (κ2) is 8.24. The first-order chi connectivity index (χ1) is 11.9. The number of rotatable bonds is 6. The Morgan fingerprint density at radius 3 is 2.48 bits per heavy atom. The Morgan fingerprint density at radius 1 is 1.20 bits per heavy atom. The fourth-order valence-electron chi connectivity index (χ4n) is 2.59. The summed E-state index contributed by atoms with van der Waals surface area (Å²) in [7, 11) is 0. The van der Waals surface area contributed by atoms with Gasteiger partial charge in [-0.3, -0.25) is 9.78 Å². The summed E-state index contributed by atoms with van der Waals surface area (Å²) in [6, 6.07) is 7.77. The molecule has 1 aromatic carbocycles. The lowest BCUT2D eigenvalue weighted by molar-refractivity contribution is -0.139. The maximum Gasteiger partial charge on any atom is 0.343 e. The summed E-state index contributed by atoms with van der Waals surface area (Å²) in [5, 5.41) is 3.02. The normalized spacial score (nSPS) is 11.1. The highest BCUT2D eigenvalue weighted by molar-refractivity contribution is 6.16. The predicted octanol–water partition coefficient (Wildman–Crippen LogP) is 3.81. The summed E-state index contributed by atoms with van der Waals surface area (Å²) in [5.74, 6) is -0.970. The Bertz CT molecular complexity index is 805. The fraction of sp³-hybridized carbons (Fsp3) is 0.250. The monoisotopic (exact) mass is 338 g/mol. The number of esters is 1. The van der Waals surface area contributed by atoms with Gasteiger partial charge in [-0.05, 0) is 62.1 Å². The van der Waals surface area contributed by atoms with Crippen LogP contribution in [0.4, 0.5) is 5.69 Å². The van der Waals surface area contributed by atoms with Crippen LogP contribution in [0.25, 0.3) is 11.1 Å². The summed E-state index contributed by atoms with van der Waals surface area (Å²) in [6.07, 6.45) is 5.06. The molecular weight excluding hydrogens is 316 g/mol. The molecule has 5 nitrogen and oxygen atoms in total. The first kappa shape index (κ1) is 18.4. The van der Waals surface area contributed by atoms with E-state index in [4.69, 9.17) is 4.74 Å². The average Bonchev–Trinajstić information content (AvgIpc) is 2.55. The van der Waals surface area contributed by atoms with Crippen molar-refractivity contribution >= 4 is 17.4 Å². The molecule has 0 spiro atoms. The number of carbonyl (C=O) groups is 2. The number of nitrogens with one attached hydrogen (secondary N) is 1. The lowest BCUT2D eigenvalue weighted by Gasteiger charge is -2.11. The minimum absolute atomic E-state index is 0.0106. The lowest BCUT2D eigenvalue weighted by atomic mass is 9.98. The van der Waals surface area contributed by atoms with Crippen LogP contribution < -0.4 is 5.32 Å². The topological polar surface area (TPSA) is 68.3 Å². The van der Waals surface area contributed by atoms with E-state index in [0.717, 1.165) is 27.9 Å². The summed E-state index contributed by atoms with van der Waals surface area (Å²) in [4.78, 5) is 27.7. The van der Waals surface area contributed by atoms with Crippen molar-refractivity contribution in [2.45, 2.75) is 27.7 Å². The number of pyridine rings is 1. The Labute approximate surface area is 147 Å². The molecule has 1 heterocycles. The van der Waals surface area contributed by atoms with E-state index in [0.29, 0.717) is 0 Å². The smallest absolute Gasteiger partial charge is 0.343 e. The second-order valence-electron chi connectivity index (χ2n) is 5.71. The maximum absolute atomic E-state index is 11.8. The Kier molecular flexibility index (Phi) is 6.06. The van der Waals surface area contributed by atoms with Crippen molar-refractivity contribution in [1.29, 1.82) is 0 Å². The van der Waals surface area contributed by atoms with Crippen molar-refractivity contribution < 1.29 is 14.3 Å². The zero-order chi connectivity index (χ0) is 18.4. The van der Waals surface area contributed by atoms with Gasteiger partial charge < -0.3 is 10.1 Å². The van der Waals surface area contributed by atoms with Crippen molar-refractivity contribution in [3.05, 3.63) is 59.6 Å². The van der Waals surface area contributed by atoms with Crippen molar-refractivity contribution in [3.63, 3.8) is 0 Å². The summed E-state index contributed by atoms with van der Waals surface area (Å²) in [5.41, 5.74) is 5.10. The molecule has 5 heteroatoms. The summed E-state index contributed by atoms with van der Waals surface area (Å²) in [6.45, 7) is 7.30. The van der Waals surface area contributed by atoms with Gasteiger partial charge in [0.15, 0.2) is 5.78 Å². The molecule has 0 bridgehead atoms. The molecule has 1 N–H and O–H groups in total. The van der Waals surface area contributed by atoms with Crippen molar-refractivity contribution in [2.75, 3.05) is 11.9 Å². The zero-order valence-electron chi connectivity index (χ0n) is 14.9. The molecule has 130 valence electrons. The van der Waals surface area contributed by atoms with Crippen LogP contribution in [0.1, 0.15) is 25.0 Å². The predicted molar refractivity (Wildman–Crippen MR) is 98.2 cm³/mol. The van der Waals surface area contributed by atoms with E-state index in [1.807, 2.05) is 50.5 Å². The third-order valence-electron chi connectivity index (χ3n) is 3.73. The number of aromatic nitrogens is 1. The molecule has 2 aromatic rings. The Balaban J connectivity index is 2.31. The summed E-state index contributed by atoms with van der Waals surface area (Å²) < 4.78 is 4.90. The quantitative estimate of drug-likeness (QED) is 0.375. The molecular formula is C20H22N2O3. The number of anilines is 1. The van der Waals surface area contributed by atoms with Crippen molar-refractivity contribution in [3.8, 4) is 11.1 Å². The van der Waals surface area contributed by atoms with E-state index in [1.165, 1.54) is 13.1 Å². The van der Waals surface area contributed by atoms with Crippen molar-refractivity contribution in [2.24, 2.45) is 0 Å². The number of hydrogen-bond acceptors (Lipinski definition) is 5. The number of ether oxygens (including phenoxy) is 1. The van der Waals surface area contributed by atoms with Crippen LogP contribution in [0.5, 0.6) is 0 Å². The van der Waals surface area contributed by atoms with E-state index in [-0.39, 0.29) is 18.0 Å². The number of carbonyl (C=O) groups excluding carboxylic acids is 2. The molecule has 0 unspecified atom stereocenters. The van der Waals surface area contributed by atoms with Gasteiger partial charge in [0.1, 0.15) is 5.57 Å². The lowest BCUT2D eigenvalue weighted by Crippen LogP contribution is -2.15. The van der Waals surface area contributed by atoms with Crippen molar-refractivity contribution in [1.82, 2.24) is 4.98 Å². The Hall–Kier alpha value is -2.95. The standard InChI is InChI=1S/C20H22N2O3/c1-5-25-20(24)18(15(4)23)12-22-17-8-6-7-16(9-17)19-13(2)10-21-11-14(19)3/h6-12,22H,5H2,1-4H3. The number of hydrogen-bond donors (Lipinski definition) is 1. The molecule has 0 saturated heterocycles. The van der Waals surface area contributed by atoms with Crippen LogP contribution in [0, 0.1) is 13.8 Å². The molecule has 0 aliphatic heterocycles. The second-order valence-corrected chi connectivity index (χ2v) is 5.71. The molecule has 1 aromatic heterocycles. The van der Waals surface area contributed by atoms with Gasteiger partial charge in [-0.1, -0.05) is 12.1 Å². The van der Waals surface area contributed by atoms with Gasteiger partial charge in [0.25, 0.3) is 0 Å². The summed E-state index contributed by atoms with van der Waals surface area (Å²) >= 11 is 0. The minimum Gasteiger partial charge on any atom is -0.462 e. The van der Waals surface area contributed by atoms with Crippen LogP contribution in [0.15, 0.2) is 48.4 Å². The zero-order valence-corrected chi connectivity index (χ0v) is 14.9. The van der Waals surface area contributed by atoms with Gasteiger partial charge >= 0.3 is 5.97 Å². The van der Waals surface area contributed by atoms with Gasteiger partial charge in [0.2, 0.25) is 0 Å². The molecule has 0 saturated carbocycles. The maximum atomic E-state index is 11.8. The third kappa shape index (κ3) is 4.53. The SMILES string of the molecule is CCOC(=O)C(=CNc1cccc(-c2c(C)cncc2C)c1)C(C)=O. The van der Waals surface area contributed by atoms with E-state index in [2.05, 4.69) is 10.3 Å².